The van der Waals surface area contributed by atoms with Crippen molar-refractivity contribution in [1.29, 1.82) is 5.26 Å². The van der Waals surface area contributed by atoms with Crippen LogP contribution in [0.4, 0.5) is 5.88 Å². The first-order valence-corrected chi connectivity index (χ1v) is 5.46. The zero-order valence-electron chi connectivity index (χ0n) is 10.2. The van der Waals surface area contributed by atoms with Crippen molar-refractivity contribution >= 4 is 5.88 Å². The third-order valence-electron chi connectivity index (χ3n) is 2.67. The highest BCUT2D eigenvalue weighted by atomic mass is 16.5. The molecule has 92 valence electrons. The molecule has 0 saturated carbocycles. The molecule has 0 aliphatic heterocycles. The second-order valence-electron chi connectivity index (χ2n) is 4.06. The largest absolute Gasteiger partial charge is 0.470 e. The quantitative estimate of drug-likeness (QED) is 0.894. The van der Waals surface area contributed by atoms with Gasteiger partial charge in [0.05, 0.1) is 0 Å². The molecule has 5 nitrogen and oxygen atoms in total. The number of aromatic nitrogens is 1. The summed E-state index contributed by atoms with van der Waals surface area (Å²) in [6.45, 7) is 4.34. The summed E-state index contributed by atoms with van der Waals surface area (Å²) in [5.74, 6) is 0.115. The Kier molecular flexibility index (Phi) is 3.20. The lowest BCUT2D eigenvalue weighted by atomic mass is 10.1. The molecule has 0 amide bonds. The highest BCUT2D eigenvalue weighted by Crippen LogP contribution is 2.23. The Hall–Kier alpha value is -2.48. The summed E-state index contributed by atoms with van der Waals surface area (Å²) in [6.07, 6.45) is 0. The summed E-state index contributed by atoms with van der Waals surface area (Å²) < 4.78 is 10.2. The fourth-order valence-corrected chi connectivity index (χ4v) is 1.59. The van der Waals surface area contributed by atoms with Crippen LogP contribution < -0.4 is 10.5 Å². The predicted molar refractivity (Wildman–Crippen MR) is 65.9 cm³/mol. The monoisotopic (exact) mass is 243 g/mol. The molecule has 0 aliphatic rings. The SMILES string of the molecule is Cc1ccc(C)c(COc2noc(N)c2C#N)c1. The van der Waals surface area contributed by atoms with Gasteiger partial charge in [-0.3, -0.25) is 0 Å². The maximum Gasteiger partial charge on any atom is 0.275 e. The molecule has 2 rings (SSSR count). The van der Waals surface area contributed by atoms with Gasteiger partial charge in [-0.2, -0.15) is 5.26 Å². The first-order valence-electron chi connectivity index (χ1n) is 5.46. The van der Waals surface area contributed by atoms with Crippen molar-refractivity contribution < 1.29 is 9.26 Å². The van der Waals surface area contributed by atoms with Crippen molar-refractivity contribution in [1.82, 2.24) is 5.16 Å². The molecule has 5 heteroatoms. The van der Waals surface area contributed by atoms with Gasteiger partial charge in [0.15, 0.2) is 5.56 Å². The molecule has 0 unspecified atom stereocenters. The lowest BCUT2D eigenvalue weighted by Gasteiger charge is -2.07. The van der Waals surface area contributed by atoms with E-state index < -0.39 is 0 Å². The molecule has 1 aromatic carbocycles. The molecular formula is C13H13N3O2. The Labute approximate surface area is 105 Å². The standard InChI is InChI=1S/C13H13N3O2/c1-8-3-4-9(2)10(5-8)7-17-13-11(6-14)12(15)18-16-13/h3-5H,7,15H2,1-2H3. The second kappa shape index (κ2) is 4.80. The Bertz CT molecular complexity index is 609. The highest BCUT2D eigenvalue weighted by Gasteiger charge is 2.14. The third kappa shape index (κ3) is 2.28. The molecule has 2 aromatic rings. The molecule has 0 saturated heterocycles. The number of nitriles is 1. The van der Waals surface area contributed by atoms with Gasteiger partial charge < -0.3 is 15.0 Å². The number of nitrogens with zero attached hydrogens (tertiary/aromatic N) is 2. The summed E-state index contributed by atoms with van der Waals surface area (Å²) in [5, 5.41) is 12.5. The molecular weight excluding hydrogens is 230 g/mol. The summed E-state index contributed by atoms with van der Waals surface area (Å²) in [6, 6.07) is 7.99. The smallest absolute Gasteiger partial charge is 0.275 e. The number of benzene rings is 1. The molecule has 0 radical (unpaired) electrons. The molecule has 0 aliphatic carbocycles. The predicted octanol–water partition coefficient (Wildman–Crippen LogP) is 2.32. The average molecular weight is 243 g/mol. The summed E-state index contributed by atoms with van der Waals surface area (Å²) in [7, 11) is 0. The highest BCUT2D eigenvalue weighted by molar-refractivity contribution is 5.51. The minimum atomic E-state index is -0.0199. The molecule has 18 heavy (non-hydrogen) atoms. The molecule has 1 heterocycles. The minimum absolute atomic E-state index is 0.0199. The lowest BCUT2D eigenvalue weighted by molar-refractivity contribution is 0.270. The molecule has 0 fully saturated rings. The fraction of sp³-hybridized carbons (Fsp3) is 0.231. The zero-order chi connectivity index (χ0) is 13.1. The van der Waals surface area contributed by atoms with Gasteiger partial charge in [0.1, 0.15) is 12.7 Å². The Morgan fingerprint density at radius 3 is 2.94 bits per heavy atom. The number of nitrogens with two attached hydrogens (primary N) is 1. The molecule has 0 atom stereocenters. The molecule has 0 bridgehead atoms. The van der Waals surface area contributed by atoms with Gasteiger partial charge in [-0.1, -0.05) is 23.8 Å². The van der Waals surface area contributed by atoms with Gasteiger partial charge in [0, 0.05) is 0 Å². The van der Waals surface area contributed by atoms with E-state index in [0.29, 0.717) is 6.61 Å². The van der Waals surface area contributed by atoms with Crippen LogP contribution in [0.15, 0.2) is 22.7 Å². The average Bonchev–Trinajstić information content (AvgIpc) is 2.71. The van der Waals surface area contributed by atoms with E-state index in [1.54, 1.807) is 0 Å². The van der Waals surface area contributed by atoms with E-state index in [-0.39, 0.29) is 17.3 Å². The van der Waals surface area contributed by atoms with Crippen LogP contribution in [0.5, 0.6) is 5.88 Å². The summed E-state index contributed by atoms with van der Waals surface area (Å²) >= 11 is 0. The number of aryl methyl sites for hydroxylation is 2. The first kappa shape index (κ1) is 12.0. The van der Waals surface area contributed by atoms with E-state index in [4.69, 9.17) is 20.3 Å². The van der Waals surface area contributed by atoms with E-state index in [9.17, 15) is 0 Å². The van der Waals surface area contributed by atoms with Gasteiger partial charge >= 0.3 is 0 Å². The van der Waals surface area contributed by atoms with Gasteiger partial charge in [-0.05, 0) is 30.1 Å². The van der Waals surface area contributed by atoms with Crippen molar-refractivity contribution in [2.75, 3.05) is 5.73 Å². The Morgan fingerprint density at radius 2 is 2.22 bits per heavy atom. The number of rotatable bonds is 3. The maximum atomic E-state index is 8.87. The Balaban J connectivity index is 2.17. The lowest BCUT2D eigenvalue weighted by Crippen LogP contribution is -2.00. The number of hydrogen-bond acceptors (Lipinski definition) is 5. The van der Waals surface area contributed by atoms with Crippen molar-refractivity contribution in [3.8, 4) is 11.9 Å². The van der Waals surface area contributed by atoms with Crippen LogP contribution in [0.2, 0.25) is 0 Å². The second-order valence-corrected chi connectivity index (χ2v) is 4.06. The van der Waals surface area contributed by atoms with E-state index in [0.717, 1.165) is 16.7 Å². The van der Waals surface area contributed by atoms with E-state index in [2.05, 4.69) is 5.16 Å². The number of nitrogen functional groups attached to an aromatic ring is 1. The Morgan fingerprint density at radius 1 is 1.44 bits per heavy atom. The molecule has 2 N–H and O–H groups in total. The third-order valence-corrected chi connectivity index (χ3v) is 2.67. The van der Waals surface area contributed by atoms with Crippen molar-refractivity contribution in [3.05, 3.63) is 40.5 Å². The van der Waals surface area contributed by atoms with E-state index in [1.165, 1.54) is 0 Å². The first-order chi connectivity index (χ1) is 8.61. The van der Waals surface area contributed by atoms with Crippen molar-refractivity contribution in [2.24, 2.45) is 0 Å². The molecule has 0 spiro atoms. The number of hydrogen-bond donors (Lipinski definition) is 1. The summed E-state index contributed by atoms with van der Waals surface area (Å²) in [5.41, 5.74) is 8.90. The van der Waals surface area contributed by atoms with Crippen molar-refractivity contribution in [2.45, 2.75) is 20.5 Å². The number of ether oxygens (including phenoxy) is 1. The van der Waals surface area contributed by atoms with Gasteiger partial charge in [-0.15, -0.1) is 0 Å². The van der Waals surface area contributed by atoms with Crippen LogP contribution in [0.25, 0.3) is 0 Å². The van der Waals surface area contributed by atoms with Crippen LogP contribution >= 0.6 is 0 Å². The fourth-order valence-electron chi connectivity index (χ4n) is 1.59. The van der Waals surface area contributed by atoms with E-state index in [1.807, 2.05) is 38.1 Å². The van der Waals surface area contributed by atoms with Crippen molar-refractivity contribution in [3.63, 3.8) is 0 Å². The van der Waals surface area contributed by atoms with Crippen LogP contribution in [0, 0.1) is 25.2 Å². The molecule has 1 aromatic heterocycles. The van der Waals surface area contributed by atoms with Gasteiger partial charge in [-0.25, -0.2) is 0 Å². The normalized spacial score (nSPS) is 10.1. The van der Waals surface area contributed by atoms with Gasteiger partial charge in [0.2, 0.25) is 5.88 Å². The zero-order valence-corrected chi connectivity index (χ0v) is 10.2. The van der Waals surface area contributed by atoms with Crippen LogP contribution in [0.1, 0.15) is 22.3 Å². The number of anilines is 1. The minimum Gasteiger partial charge on any atom is -0.470 e. The van der Waals surface area contributed by atoms with Gasteiger partial charge in [0.25, 0.3) is 5.88 Å². The topological polar surface area (TPSA) is 85.1 Å². The van der Waals surface area contributed by atoms with E-state index >= 15 is 0 Å². The van der Waals surface area contributed by atoms with Crippen LogP contribution in [-0.4, -0.2) is 5.16 Å². The maximum absolute atomic E-state index is 8.87. The summed E-state index contributed by atoms with van der Waals surface area (Å²) in [4.78, 5) is 0. The van der Waals surface area contributed by atoms with Crippen LogP contribution in [-0.2, 0) is 6.61 Å². The van der Waals surface area contributed by atoms with Crippen LogP contribution in [0.3, 0.4) is 0 Å².